The molecule has 7 nitrogen and oxygen atoms in total. The Morgan fingerprint density at radius 2 is 2.14 bits per heavy atom. The number of pyridine rings is 1. The van der Waals surface area contributed by atoms with Gasteiger partial charge in [0.2, 0.25) is 5.88 Å². The average Bonchev–Trinajstić information content (AvgIpc) is 2.48. The van der Waals surface area contributed by atoms with E-state index in [1.54, 1.807) is 25.1 Å². The largest absolute Gasteiger partial charge is 0.478 e. The fourth-order valence-electron chi connectivity index (χ4n) is 1.71. The van der Waals surface area contributed by atoms with Gasteiger partial charge in [-0.05, 0) is 36.3 Å². The van der Waals surface area contributed by atoms with Crippen molar-refractivity contribution < 1.29 is 19.6 Å². The lowest BCUT2D eigenvalue weighted by molar-refractivity contribution is -0.385. The minimum absolute atomic E-state index is 0.113. The smallest absolute Gasteiger partial charge is 0.328 e. The third-order valence-electron chi connectivity index (χ3n) is 2.76. The highest BCUT2D eigenvalue weighted by atomic mass is 16.6. The Morgan fingerprint density at radius 1 is 1.36 bits per heavy atom. The summed E-state index contributed by atoms with van der Waals surface area (Å²) in [7, 11) is 0. The van der Waals surface area contributed by atoms with E-state index in [0.29, 0.717) is 5.75 Å². The predicted molar refractivity (Wildman–Crippen MR) is 78.8 cm³/mol. The third kappa shape index (κ3) is 3.89. The summed E-state index contributed by atoms with van der Waals surface area (Å²) in [6.45, 7) is 1.80. The van der Waals surface area contributed by atoms with Crippen molar-refractivity contribution in [1.82, 2.24) is 4.98 Å². The van der Waals surface area contributed by atoms with Crippen molar-refractivity contribution in [3.63, 3.8) is 0 Å². The number of aliphatic carboxylic acids is 1. The van der Waals surface area contributed by atoms with Crippen LogP contribution < -0.4 is 4.74 Å². The fourth-order valence-corrected chi connectivity index (χ4v) is 1.71. The van der Waals surface area contributed by atoms with E-state index in [0.717, 1.165) is 23.4 Å². The average molecular weight is 300 g/mol. The number of carboxylic acids is 1. The number of aromatic nitrogens is 1. The van der Waals surface area contributed by atoms with Crippen LogP contribution in [-0.4, -0.2) is 21.0 Å². The molecule has 22 heavy (non-hydrogen) atoms. The second-order valence-electron chi connectivity index (χ2n) is 4.41. The molecule has 0 aliphatic rings. The van der Waals surface area contributed by atoms with Crippen LogP contribution >= 0.6 is 0 Å². The summed E-state index contributed by atoms with van der Waals surface area (Å²) in [4.78, 5) is 24.3. The number of aryl methyl sites for hydroxylation is 1. The van der Waals surface area contributed by atoms with Gasteiger partial charge in [-0.3, -0.25) is 10.1 Å². The molecule has 0 atom stereocenters. The van der Waals surface area contributed by atoms with Gasteiger partial charge in [0.05, 0.1) is 4.92 Å². The van der Waals surface area contributed by atoms with Gasteiger partial charge in [0.1, 0.15) is 11.9 Å². The van der Waals surface area contributed by atoms with Crippen LogP contribution in [0.5, 0.6) is 11.6 Å². The summed E-state index contributed by atoms with van der Waals surface area (Å²) >= 11 is 0. The van der Waals surface area contributed by atoms with Crippen molar-refractivity contribution in [2.75, 3.05) is 0 Å². The zero-order valence-corrected chi connectivity index (χ0v) is 11.6. The molecule has 0 saturated carbocycles. The highest BCUT2D eigenvalue weighted by Gasteiger charge is 2.07. The maximum Gasteiger partial charge on any atom is 0.328 e. The number of carbonyl (C=O) groups is 1. The quantitative estimate of drug-likeness (QED) is 0.516. The van der Waals surface area contributed by atoms with Crippen LogP contribution in [0.2, 0.25) is 0 Å². The minimum atomic E-state index is -1.02. The molecule has 1 aromatic heterocycles. The Bertz CT molecular complexity index is 738. The van der Waals surface area contributed by atoms with Crippen molar-refractivity contribution in [2.24, 2.45) is 0 Å². The molecule has 1 aromatic carbocycles. The monoisotopic (exact) mass is 300 g/mol. The molecular formula is C15H12N2O5. The maximum absolute atomic E-state index is 10.5. The van der Waals surface area contributed by atoms with E-state index < -0.39 is 10.9 Å². The normalized spacial score (nSPS) is 10.6. The number of hydrogen-bond donors (Lipinski definition) is 1. The molecule has 0 unspecified atom stereocenters. The first-order valence-electron chi connectivity index (χ1n) is 6.25. The van der Waals surface area contributed by atoms with Crippen molar-refractivity contribution >= 4 is 17.7 Å². The minimum Gasteiger partial charge on any atom is -0.478 e. The number of nitrogens with zero attached hydrogens (tertiary/aromatic N) is 2. The van der Waals surface area contributed by atoms with E-state index in [-0.39, 0.29) is 11.6 Å². The van der Waals surface area contributed by atoms with Crippen molar-refractivity contribution in [3.05, 3.63) is 63.8 Å². The van der Waals surface area contributed by atoms with Crippen molar-refractivity contribution in [3.8, 4) is 11.6 Å². The molecule has 0 aliphatic heterocycles. The van der Waals surface area contributed by atoms with Crippen molar-refractivity contribution in [1.29, 1.82) is 0 Å². The van der Waals surface area contributed by atoms with E-state index in [2.05, 4.69) is 4.98 Å². The van der Waals surface area contributed by atoms with Crippen LogP contribution in [0.25, 0.3) is 6.08 Å². The van der Waals surface area contributed by atoms with Gasteiger partial charge < -0.3 is 9.84 Å². The van der Waals surface area contributed by atoms with E-state index in [9.17, 15) is 14.9 Å². The number of ether oxygens (including phenoxy) is 1. The Kier molecular flexibility index (Phi) is 4.47. The summed E-state index contributed by atoms with van der Waals surface area (Å²) in [5.74, 6) is -0.246. The second kappa shape index (κ2) is 6.49. The lowest BCUT2D eigenvalue weighted by atomic mass is 10.1. The Balaban J connectivity index is 2.16. The fraction of sp³-hybridized carbons (Fsp3) is 0.0667. The molecule has 2 rings (SSSR count). The zero-order chi connectivity index (χ0) is 16.1. The molecule has 7 heteroatoms. The Labute approximate surface area is 125 Å². The maximum atomic E-state index is 10.5. The number of rotatable bonds is 5. The molecule has 0 saturated heterocycles. The first kappa shape index (κ1) is 15.2. The van der Waals surface area contributed by atoms with Gasteiger partial charge in [-0.15, -0.1) is 0 Å². The highest BCUT2D eigenvalue weighted by molar-refractivity contribution is 5.85. The second-order valence-corrected chi connectivity index (χ2v) is 4.41. The molecule has 0 aliphatic carbocycles. The zero-order valence-electron chi connectivity index (χ0n) is 11.6. The molecular weight excluding hydrogens is 288 g/mol. The van der Waals surface area contributed by atoms with Gasteiger partial charge >= 0.3 is 5.97 Å². The summed E-state index contributed by atoms with van der Waals surface area (Å²) < 4.78 is 5.55. The predicted octanol–water partition coefficient (Wildman–Crippen LogP) is 3.19. The highest BCUT2D eigenvalue weighted by Crippen LogP contribution is 2.25. The van der Waals surface area contributed by atoms with E-state index in [4.69, 9.17) is 9.84 Å². The molecule has 1 heterocycles. The van der Waals surface area contributed by atoms with E-state index >= 15 is 0 Å². The Morgan fingerprint density at radius 3 is 2.68 bits per heavy atom. The lowest BCUT2D eigenvalue weighted by Crippen LogP contribution is -1.93. The molecule has 1 N–H and O–H groups in total. The molecule has 112 valence electrons. The molecule has 0 amide bonds. The van der Waals surface area contributed by atoms with Gasteiger partial charge in [0, 0.05) is 18.2 Å². The van der Waals surface area contributed by atoms with Gasteiger partial charge in [-0.25, -0.2) is 9.78 Å². The van der Waals surface area contributed by atoms with Gasteiger partial charge in [0.15, 0.2) is 0 Å². The van der Waals surface area contributed by atoms with Crippen LogP contribution in [-0.2, 0) is 4.79 Å². The third-order valence-corrected chi connectivity index (χ3v) is 2.76. The van der Waals surface area contributed by atoms with Crippen LogP contribution in [0.1, 0.15) is 11.1 Å². The number of benzene rings is 1. The van der Waals surface area contributed by atoms with Crippen LogP contribution in [0.4, 0.5) is 5.69 Å². The topological polar surface area (TPSA) is 103 Å². The van der Waals surface area contributed by atoms with Gasteiger partial charge in [-0.1, -0.05) is 6.07 Å². The molecule has 2 aromatic rings. The summed E-state index contributed by atoms with van der Waals surface area (Å²) in [5, 5.41) is 19.1. The van der Waals surface area contributed by atoms with Crippen LogP contribution in [0, 0.1) is 17.0 Å². The number of carboxylic acid groups (broad SMARTS) is 1. The number of nitro groups is 1. The first-order chi connectivity index (χ1) is 10.5. The summed E-state index contributed by atoms with van der Waals surface area (Å²) in [6.07, 6.45) is 3.64. The SMILES string of the molecule is Cc1cc(/C=C/C(=O)O)ccc1Oc1ccc([N+](=O)[O-])cn1. The van der Waals surface area contributed by atoms with E-state index in [1.807, 2.05) is 0 Å². The molecule has 0 spiro atoms. The first-order valence-corrected chi connectivity index (χ1v) is 6.25. The molecule has 0 fully saturated rings. The summed E-state index contributed by atoms with van der Waals surface area (Å²) in [5.41, 5.74) is 1.40. The number of hydrogen-bond acceptors (Lipinski definition) is 5. The summed E-state index contributed by atoms with van der Waals surface area (Å²) in [6, 6.07) is 7.87. The van der Waals surface area contributed by atoms with Crippen LogP contribution in [0.3, 0.4) is 0 Å². The van der Waals surface area contributed by atoms with E-state index in [1.165, 1.54) is 18.2 Å². The van der Waals surface area contributed by atoms with Crippen molar-refractivity contribution in [2.45, 2.75) is 6.92 Å². The molecule has 0 bridgehead atoms. The lowest BCUT2D eigenvalue weighted by Gasteiger charge is -2.08. The molecule has 0 radical (unpaired) electrons. The van der Waals surface area contributed by atoms with Gasteiger partial charge in [-0.2, -0.15) is 0 Å². The van der Waals surface area contributed by atoms with Gasteiger partial charge in [0.25, 0.3) is 5.69 Å². The van der Waals surface area contributed by atoms with Crippen LogP contribution in [0.15, 0.2) is 42.6 Å². The standard InChI is InChI=1S/C15H12N2O5/c1-10-8-11(3-7-15(18)19)2-5-13(10)22-14-6-4-12(9-16-14)17(20)21/h2-9H,1H3,(H,18,19)/b7-3+. The Hall–Kier alpha value is -3.22.